The van der Waals surface area contributed by atoms with E-state index in [9.17, 15) is 19.5 Å². The lowest BCUT2D eigenvalue weighted by Gasteiger charge is -2.44. The highest BCUT2D eigenvalue weighted by molar-refractivity contribution is 9.10. The van der Waals surface area contributed by atoms with Crippen LogP contribution >= 0.6 is 15.9 Å². The molecule has 0 fully saturated rings. The van der Waals surface area contributed by atoms with Gasteiger partial charge in [-0.1, -0.05) is 39.8 Å². The van der Waals surface area contributed by atoms with Gasteiger partial charge >= 0.3 is 5.97 Å². The topological polar surface area (TPSA) is 102 Å². The Morgan fingerprint density at radius 1 is 0.925 bits per heavy atom. The van der Waals surface area contributed by atoms with E-state index in [0.29, 0.717) is 34.2 Å². The predicted molar refractivity (Wildman–Crippen MR) is 154 cm³/mol. The number of carbonyl (C=O) groups is 3. The third-order valence-electron chi connectivity index (χ3n) is 7.90. The van der Waals surface area contributed by atoms with Crippen molar-refractivity contribution in [3.8, 4) is 11.5 Å². The number of dihydropyridines is 1. The van der Waals surface area contributed by atoms with Gasteiger partial charge in [0.25, 0.3) is 0 Å². The Morgan fingerprint density at radius 2 is 1.52 bits per heavy atom. The van der Waals surface area contributed by atoms with E-state index >= 15 is 0 Å². The summed E-state index contributed by atoms with van der Waals surface area (Å²) in [5, 5.41) is 12.9. The molecule has 40 heavy (non-hydrogen) atoms. The molecule has 0 radical (unpaired) electrons. The van der Waals surface area contributed by atoms with Crippen molar-refractivity contribution in [1.29, 1.82) is 0 Å². The van der Waals surface area contributed by atoms with Crippen LogP contribution in [0.25, 0.3) is 0 Å². The molecule has 0 atom stereocenters. The Labute approximate surface area is 242 Å². The first-order chi connectivity index (χ1) is 18.8. The lowest BCUT2D eigenvalue weighted by atomic mass is 9.64. The number of methoxy groups -OCH3 is 1. The van der Waals surface area contributed by atoms with Crippen molar-refractivity contribution in [2.24, 2.45) is 10.8 Å². The molecule has 0 saturated carbocycles. The molecular formula is C32H34BrNO6. The minimum Gasteiger partial charge on any atom is -0.496 e. The van der Waals surface area contributed by atoms with Gasteiger partial charge in [0.05, 0.1) is 11.6 Å². The van der Waals surface area contributed by atoms with Crippen LogP contribution in [-0.4, -0.2) is 29.8 Å². The van der Waals surface area contributed by atoms with Gasteiger partial charge in [0.15, 0.2) is 11.6 Å². The number of ketones is 2. The van der Waals surface area contributed by atoms with E-state index < -0.39 is 11.9 Å². The molecule has 5 rings (SSSR count). The molecule has 2 aliphatic carbocycles. The molecule has 1 heterocycles. The Bertz CT molecular complexity index is 1450. The minimum absolute atomic E-state index is 0.0856. The van der Waals surface area contributed by atoms with Gasteiger partial charge in [-0.25, -0.2) is 4.79 Å². The monoisotopic (exact) mass is 607 g/mol. The van der Waals surface area contributed by atoms with Crippen LogP contribution in [0, 0.1) is 10.8 Å². The molecule has 3 aliphatic rings. The number of carboxylic acid groups (broad SMARTS) is 1. The number of allylic oxidation sites excluding steroid dienone is 4. The highest BCUT2D eigenvalue weighted by atomic mass is 79.9. The first kappa shape index (κ1) is 28.1. The van der Waals surface area contributed by atoms with Crippen LogP contribution in [0.5, 0.6) is 11.5 Å². The molecule has 0 bridgehead atoms. The summed E-state index contributed by atoms with van der Waals surface area (Å²) in [5.41, 5.74) is 4.70. The summed E-state index contributed by atoms with van der Waals surface area (Å²) in [6.07, 6.45) is 2.39. The number of ether oxygens (including phenoxy) is 2. The molecule has 0 aromatic heterocycles. The van der Waals surface area contributed by atoms with Crippen molar-refractivity contribution in [3.63, 3.8) is 0 Å². The van der Waals surface area contributed by atoms with Gasteiger partial charge in [-0.05, 0) is 75.0 Å². The van der Waals surface area contributed by atoms with Gasteiger partial charge < -0.3 is 19.9 Å². The van der Waals surface area contributed by atoms with Crippen LogP contribution < -0.4 is 14.8 Å². The molecule has 1 aliphatic heterocycles. The summed E-state index contributed by atoms with van der Waals surface area (Å²) in [4.78, 5) is 38.5. The first-order valence-corrected chi connectivity index (χ1v) is 14.2. The lowest BCUT2D eigenvalue weighted by Crippen LogP contribution is -2.42. The maximum Gasteiger partial charge on any atom is 0.339 e. The second-order valence-electron chi connectivity index (χ2n) is 12.5. The van der Waals surface area contributed by atoms with Gasteiger partial charge in [0.1, 0.15) is 23.7 Å². The third kappa shape index (κ3) is 5.33. The molecule has 0 unspecified atom stereocenters. The number of benzene rings is 2. The molecule has 0 spiro atoms. The molecule has 2 N–H and O–H groups in total. The predicted octanol–water partition coefficient (Wildman–Crippen LogP) is 6.71. The average molecular weight is 609 g/mol. The van der Waals surface area contributed by atoms with Gasteiger partial charge in [0, 0.05) is 41.3 Å². The van der Waals surface area contributed by atoms with E-state index in [0.717, 1.165) is 35.4 Å². The maximum atomic E-state index is 13.6. The van der Waals surface area contributed by atoms with Gasteiger partial charge in [-0.3, -0.25) is 9.59 Å². The number of carbonyl (C=O) groups excluding carboxylic acids is 2. The van der Waals surface area contributed by atoms with Crippen molar-refractivity contribution in [2.75, 3.05) is 7.11 Å². The average Bonchev–Trinajstić information content (AvgIpc) is 2.84. The summed E-state index contributed by atoms with van der Waals surface area (Å²) in [6, 6.07) is 10.6. The summed E-state index contributed by atoms with van der Waals surface area (Å²) in [7, 11) is 1.43. The van der Waals surface area contributed by atoms with Crippen LogP contribution in [0.15, 0.2) is 63.4 Å². The van der Waals surface area contributed by atoms with Crippen LogP contribution in [0.2, 0.25) is 0 Å². The Morgan fingerprint density at radius 3 is 2.05 bits per heavy atom. The standard InChI is InChI=1S/C32H34BrNO6/c1-31(2)12-21-28(23(35)14-31)27(29-22(34-21)13-32(3,4)15-24(29)36)18-7-9-25(20(33)11-18)40-16-17-6-8-19(30(37)38)26(10-17)39-5/h6-11,27,34H,12-16H2,1-5H3,(H,37,38). The molecule has 210 valence electrons. The van der Waals surface area contributed by atoms with Crippen molar-refractivity contribution in [1.82, 2.24) is 5.32 Å². The summed E-state index contributed by atoms with van der Waals surface area (Å²) in [6.45, 7) is 8.64. The number of aromatic carboxylic acids is 1. The quantitative estimate of drug-likeness (QED) is 0.376. The highest BCUT2D eigenvalue weighted by Crippen LogP contribution is 2.51. The van der Waals surface area contributed by atoms with Crippen molar-refractivity contribution in [2.45, 2.75) is 65.9 Å². The smallest absolute Gasteiger partial charge is 0.339 e. The van der Waals surface area contributed by atoms with Crippen LogP contribution in [0.3, 0.4) is 0 Å². The minimum atomic E-state index is -1.06. The molecule has 0 amide bonds. The number of hydrogen-bond donors (Lipinski definition) is 2. The van der Waals surface area contributed by atoms with Crippen molar-refractivity contribution < 1.29 is 29.0 Å². The molecular weight excluding hydrogens is 574 g/mol. The maximum absolute atomic E-state index is 13.6. The fourth-order valence-corrected chi connectivity index (χ4v) is 6.71. The second kappa shape index (κ2) is 10.2. The van der Waals surface area contributed by atoms with E-state index in [4.69, 9.17) is 9.47 Å². The van der Waals surface area contributed by atoms with Gasteiger partial charge in [0.2, 0.25) is 0 Å². The number of hydrogen-bond acceptors (Lipinski definition) is 6. The van der Waals surface area contributed by atoms with Crippen LogP contribution in [0.1, 0.15) is 80.8 Å². The fourth-order valence-electron chi connectivity index (χ4n) is 6.20. The fraction of sp³-hybridized carbons (Fsp3) is 0.406. The van der Waals surface area contributed by atoms with E-state index in [1.807, 2.05) is 18.2 Å². The highest BCUT2D eigenvalue weighted by Gasteiger charge is 2.46. The SMILES string of the molecule is COc1cc(COc2ccc(C3C4=C(CC(C)(C)CC4=O)NC4=C3C(=O)CC(C)(C)C4)cc2Br)ccc1C(=O)O. The van der Waals surface area contributed by atoms with E-state index in [-0.39, 0.29) is 40.3 Å². The molecule has 8 heteroatoms. The van der Waals surface area contributed by atoms with Crippen molar-refractivity contribution in [3.05, 3.63) is 80.1 Å². The molecule has 2 aromatic carbocycles. The number of halogens is 1. The molecule has 0 saturated heterocycles. The first-order valence-electron chi connectivity index (χ1n) is 13.4. The van der Waals surface area contributed by atoms with Crippen LogP contribution in [0.4, 0.5) is 0 Å². The van der Waals surface area contributed by atoms with Crippen molar-refractivity contribution >= 4 is 33.5 Å². The zero-order valence-electron chi connectivity index (χ0n) is 23.4. The number of nitrogens with one attached hydrogen (secondary N) is 1. The molecule has 7 nitrogen and oxygen atoms in total. The Kier molecular flexibility index (Phi) is 7.19. The second-order valence-corrected chi connectivity index (χ2v) is 13.4. The Hall–Kier alpha value is -3.39. The number of rotatable bonds is 6. The summed E-state index contributed by atoms with van der Waals surface area (Å²) >= 11 is 3.64. The lowest BCUT2D eigenvalue weighted by molar-refractivity contribution is -0.119. The molecule has 2 aromatic rings. The Balaban J connectivity index is 1.48. The van der Waals surface area contributed by atoms with Gasteiger partial charge in [-0.15, -0.1) is 0 Å². The largest absolute Gasteiger partial charge is 0.496 e. The summed E-state index contributed by atoms with van der Waals surface area (Å²) in [5.74, 6) is -0.447. The number of carboxylic acids is 1. The normalized spacial score (nSPS) is 20.1. The van der Waals surface area contributed by atoms with E-state index in [1.54, 1.807) is 12.1 Å². The van der Waals surface area contributed by atoms with Gasteiger partial charge in [-0.2, -0.15) is 0 Å². The van der Waals surface area contributed by atoms with Crippen LogP contribution in [-0.2, 0) is 16.2 Å². The summed E-state index contributed by atoms with van der Waals surface area (Å²) < 4.78 is 12.0. The van der Waals surface area contributed by atoms with E-state index in [1.165, 1.54) is 13.2 Å². The van der Waals surface area contributed by atoms with E-state index in [2.05, 4.69) is 48.9 Å². The zero-order valence-corrected chi connectivity index (χ0v) is 25.0. The third-order valence-corrected chi connectivity index (χ3v) is 8.52. The zero-order chi connectivity index (χ0) is 29.0. The number of Topliss-reactive ketones (excluding diaryl/α,β-unsaturated/α-hetero) is 2.